The number of carbonyl (C=O) groups is 1. The van der Waals surface area contributed by atoms with E-state index in [1.165, 1.54) is 12.1 Å². The number of para-hydroxylation sites is 2. The maximum absolute atomic E-state index is 13.9. The Bertz CT molecular complexity index is 1260. The van der Waals surface area contributed by atoms with Crippen molar-refractivity contribution in [3.8, 4) is 11.4 Å². The third kappa shape index (κ3) is 3.26. The van der Waals surface area contributed by atoms with Crippen molar-refractivity contribution in [2.24, 2.45) is 0 Å². The Morgan fingerprint density at radius 2 is 1.53 bits per heavy atom. The fourth-order valence-corrected chi connectivity index (χ4v) is 3.01. The summed E-state index contributed by atoms with van der Waals surface area (Å²) in [6.07, 6.45) is 0. The average Bonchev–Trinajstić information content (AvgIpc) is 3.17. The number of nitrogens with zero attached hydrogens (tertiary/aromatic N) is 1. The fourth-order valence-electron chi connectivity index (χ4n) is 2.85. The Morgan fingerprint density at radius 1 is 0.900 bits per heavy atom. The normalized spacial score (nSPS) is 11.1. The Labute approximate surface area is 170 Å². The highest BCUT2D eigenvalue weighted by molar-refractivity contribution is 6.34. The van der Waals surface area contributed by atoms with Crippen LogP contribution in [0.4, 0.5) is 27.6 Å². The first-order valence-electron chi connectivity index (χ1n) is 8.35. The van der Waals surface area contributed by atoms with Crippen molar-refractivity contribution in [3.05, 3.63) is 82.1 Å². The zero-order valence-electron chi connectivity index (χ0n) is 14.7. The number of aromatic amines is 1. The van der Waals surface area contributed by atoms with Crippen molar-refractivity contribution in [2.45, 2.75) is 0 Å². The van der Waals surface area contributed by atoms with Gasteiger partial charge in [0.2, 0.25) is 5.82 Å². The first kappa shape index (κ1) is 19.8. The van der Waals surface area contributed by atoms with Crippen LogP contribution >= 0.6 is 11.6 Å². The molecule has 1 aromatic heterocycles. The van der Waals surface area contributed by atoms with Crippen molar-refractivity contribution in [1.82, 2.24) is 9.97 Å². The quantitative estimate of drug-likeness (QED) is 0.241. The zero-order valence-corrected chi connectivity index (χ0v) is 15.4. The molecule has 4 nitrogen and oxygen atoms in total. The summed E-state index contributed by atoms with van der Waals surface area (Å²) in [5.74, 6) is -12.4. The summed E-state index contributed by atoms with van der Waals surface area (Å²) in [4.78, 5) is 19.7. The van der Waals surface area contributed by atoms with E-state index in [0.29, 0.717) is 16.9 Å². The van der Waals surface area contributed by atoms with E-state index in [2.05, 4.69) is 15.3 Å². The molecular weight excluding hydrogens is 429 g/mol. The van der Waals surface area contributed by atoms with Gasteiger partial charge in [0.1, 0.15) is 11.4 Å². The molecule has 0 aliphatic carbocycles. The number of halogens is 6. The van der Waals surface area contributed by atoms with Gasteiger partial charge >= 0.3 is 0 Å². The lowest BCUT2D eigenvalue weighted by Gasteiger charge is -2.11. The highest BCUT2D eigenvalue weighted by Gasteiger charge is 2.30. The minimum absolute atomic E-state index is 0.0212. The van der Waals surface area contributed by atoms with E-state index in [1.54, 1.807) is 24.3 Å². The van der Waals surface area contributed by atoms with Crippen LogP contribution in [0.25, 0.3) is 22.4 Å². The summed E-state index contributed by atoms with van der Waals surface area (Å²) in [5.41, 5.74) is 0.160. The first-order valence-corrected chi connectivity index (χ1v) is 8.73. The maximum Gasteiger partial charge on any atom is 0.261 e. The molecule has 152 valence electrons. The number of aromatic nitrogens is 2. The van der Waals surface area contributed by atoms with E-state index in [1.807, 2.05) is 6.07 Å². The Hall–Kier alpha value is -3.46. The third-order valence-electron chi connectivity index (χ3n) is 4.31. The van der Waals surface area contributed by atoms with E-state index in [-0.39, 0.29) is 10.7 Å². The summed E-state index contributed by atoms with van der Waals surface area (Å²) < 4.78 is 67.7. The van der Waals surface area contributed by atoms with E-state index < -0.39 is 40.6 Å². The van der Waals surface area contributed by atoms with E-state index >= 15 is 0 Å². The molecule has 30 heavy (non-hydrogen) atoms. The van der Waals surface area contributed by atoms with Gasteiger partial charge in [0.15, 0.2) is 23.3 Å². The van der Waals surface area contributed by atoms with Crippen LogP contribution in [0.5, 0.6) is 0 Å². The molecule has 3 aromatic carbocycles. The molecule has 0 fully saturated rings. The smallest absolute Gasteiger partial charge is 0.261 e. The summed E-state index contributed by atoms with van der Waals surface area (Å²) in [6, 6.07) is 11.5. The number of fused-ring (bicyclic) bond motifs is 1. The van der Waals surface area contributed by atoms with Crippen LogP contribution in [0.2, 0.25) is 5.02 Å². The van der Waals surface area contributed by atoms with Crippen molar-refractivity contribution in [1.29, 1.82) is 0 Å². The van der Waals surface area contributed by atoms with E-state index in [0.717, 1.165) is 5.52 Å². The molecule has 10 heteroatoms. The highest BCUT2D eigenvalue weighted by Crippen LogP contribution is 2.30. The van der Waals surface area contributed by atoms with Crippen molar-refractivity contribution in [2.75, 3.05) is 5.32 Å². The van der Waals surface area contributed by atoms with Crippen molar-refractivity contribution in [3.63, 3.8) is 0 Å². The molecule has 0 aliphatic heterocycles. The van der Waals surface area contributed by atoms with Crippen LogP contribution in [0, 0.1) is 29.1 Å². The average molecular weight is 438 g/mol. The van der Waals surface area contributed by atoms with Gasteiger partial charge in [0.25, 0.3) is 5.91 Å². The van der Waals surface area contributed by atoms with Gasteiger partial charge in [-0.05, 0) is 30.3 Å². The van der Waals surface area contributed by atoms with Gasteiger partial charge in [-0.25, -0.2) is 26.9 Å². The second-order valence-electron chi connectivity index (χ2n) is 6.20. The fraction of sp³-hybridized carbons (Fsp3) is 0. The molecule has 0 aliphatic rings. The summed E-state index contributed by atoms with van der Waals surface area (Å²) in [5, 5.41) is 2.06. The number of rotatable bonds is 3. The minimum Gasteiger partial charge on any atom is -0.338 e. The van der Waals surface area contributed by atoms with Crippen LogP contribution in [0.15, 0.2) is 42.5 Å². The lowest BCUT2D eigenvalue weighted by Crippen LogP contribution is -2.19. The van der Waals surface area contributed by atoms with Gasteiger partial charge in [-0.15, -0.1) is 0 Å². The number of carbonyl (C=O) groups excluding carboxylic acids is 1. The molecule has 0 radical (unpaired) electrons. The van der Waals surface area contributed by atoms with E-state index in [9.17, 15) is 26.7 Å². The van der Waals surface area contributed by atoms with Gasteiger partial charge in [0, 0.05) is 5.56 Å². The van der Waals surface area contributed by atoms with Gasteiger partial charge in [-0.1, -0.05) is 23.7 Å². The Kier molecular flexibility index (Phi) is 4.90. The molecule has 0 atom stereocenters. The number of benzene rings is 3. The van der Waals surface area contributed by atoms with E-state index in [4.69, 9.17) is 11.6 Å². The molecule has 1 amide bonds. The number of anilines is 1. The van der Waals surface area contributed by atoms with Crippen molar-refractivity contribution < 1.29 is 26.7 Å². The Morgan fingerprint density at radius 3 is 2.20 bits per heavy atom. The van der Waals surface area contributed by atoms with Crippen LogP contribution in [-0.4, -0.2) is 15.9 Å². The standard InChI is InChI=1S/C20H9ClF5N3O/c21-9-6-5-8(19-27-10-3-1-2-4-11(10)28-19)7-12(9)29-20(30)13-14(22)16(24)18(26)17(25)15(13)23/h1-7H,(H,27,28)(H,29,30). The predicted molar refractivity (Wildman–Crippen MR) is 101 cm³/mol. The predicted octanol–water partition coefficient (Wildman–Crippen LogP) is 5.83. The molecule has 0 unspecified atom stereocenters. The van der Waals surface area contributed by atoms with Crippen molar-refractivity contribution >= 4 is 34.2 Å². The monoisotopic (exact) mass is 437 g/mol. The van der Waals surface area contributed by atoms with Gasteiger partial charge in [0.05, 0.1) is 21.7 Å². The van der Waals surface area contributed by atoms with Crippen LogP contribution in [0.1, 0.15) is 10.4 Å². The number of hydrogen-bond acceptors (Lipinski definition) is 2. The lowest BCUT2D eigenvalue weighted by molar-refractivity contribution is 0.101. The maximum atomic E-state index is 13.9. The number of amides is 1. The molecule has 4 aromatic rings. The molecular formula is C20H9ClF5N3O. The Balaban J connectivity index is 1.72. The molecule has 1 heterocycles. The lowest BCUT2D eigenvalue weighted by atomic mass is 10.1. The molecule has 0 saturated carbocycles. The topological polar surface area (TPSA) is 57.8 Å². The SMILES string of the molecule is O=C(Nc1cc(-c2nc3ccccc3[nH]2)ccc1Cl)c1c(F)c(F)c(F)c(F)c1F. The van der Waals surface area contributed by atoms with Crippen LogP contribution in [-0.2, 0) is 0 Å². The van der Waals surface area contributed by atoms with Gasteiger partial charge in [-0.3, -0.25) is 4.79 Å². The molecule has 0 saturated heterocycles. The molecule has 0 spiro atoms. The van der Waals surface area contributed by atoms with Crippen LogP contribution in [0.3, 0.4) is 0 Å². The number of H-pyrrole nitrogens is 1. The summed E-state index contributed by atoms with van der Waals surface area (Å²) >= 11 is 6.02. The van der Waals surface area contributed by atoms with Crippen LogP contribution < -0.4 is 5.32 Å². The number of nitrogens with one attached hydrogen (secondary N) is 2. The molecule has 2 N–H and O–H groups in total. The number of imidazole rings is 1. The number of hydrogen-bond donors (Lipinski definition) is 2. The van der Waals surface area contributed by atoms with Gasteiger partial charge in [-0.2, -0.15) is 0 Å². The van der Waals surface area contributed by atoms with Gasteiger partial charge < -0.3 is 10.3 Å². The third-order valence-corrected chi connectivity index (χ3v) is 4.64. The minimum atomic E-state index is -2.36. The zero-order chi connectivity index (χ0) is 21.6. The highest BCUT2D eigenvalue weighted by atomic mass is 35.5. The summed E-state index contributed by atoms with van der Waals surface area (Å²) in [6.45, 7) is 0. The largest absolute Gasteiger partial charge is 0.338 e. The second-order valence-corrected chi connectivity index (χ2v) is 6.60. The first-order chi connectivity index (χ1) is 14.3. The molecule has 4 rings (SSSR count). The second kappa shape index (κ2) is 7.42. The summed E-state index contributed by atoms with van der Waals surface area (Å²) in [7, 11) is 0. The molecule has 0 bridgehead atoms.